The van der Waals surface area contributed by atoms with Gasteiger partial charge < -0.3 is 10.2 Å². The summed E-state index contributed by atoms with van der Waals surface area (Å²) in [6.07, 6.45) is 5.18. The molecule has 1 aromatic rings. The van der Waals surface area contributed by atoms with Gasteiger partial charge in [-0.2, -0.15) is 0 Å². The normalized spacial score (nSPS) is 10.8. The zero-order chi connectivity index (χ0) is 13.5. The van der Waals surface area contributed by atoms with Gasteiger partial charge in [-0.25, -0.2) is 4.79 Å². The van der Waals surface area contributed by atoms with Crippen molar-refractivity contribution in [2.45, 2.75) is 46.0 Å². The summed E-state index contributed by atoms with van der Waals surface area (Å²) in [5.74, 6) is -0.0651. The molecule has 0 unspecified atom stereocenters. The maximum Gasteiger partial charge on any atom is 0.335 e. The van der Waals surface area contributed by atoms with E-state index in [4.69, 9.17) is 5.11 Å². The second-order valence-electron chi connectivity index (χ2n) is 5.14. The molecule has 0 aliphatic heterocycles. The number of carboxylic acid groups (broad SMARTS) is 1. The molecule has 0 atom stereocenters. The summed E-state index contributed by atoms with van der Waals surface area (Å²) in [4.78, 5) is 11.0. The molecular formula is C15H22O3. The summed E-state index contributed by atoms with van der Waals surface area (Å²) in [5, 5.41) is 18.5. The topological polar surface area (TPSA) is 57.5 Å². The van der Waals surface area contributed by atoms with E-state index in [2.05, 4.69) is 13.8 Å². The van der Waals surface area contributed by atoms with E-state index < -0.39 is 5.97 Å². The van der Waals surface area contributed by atoms with Gasteiger partial charge in [-0.3, -0.25) is 0 Å². The molecule has 0 radical (unpaired) electrons. The molecule has 0 heterocycles. The van der Waals surface area contributed by atoms with Crippen molar-refractivity contribution >= 4 is 5.97 Å². The molecule has 0 aliphatic carbocycles. The molecule has 0 fully saturated rings. The molecular weight excluding hydrogens is 228 g/mol. The molecule has 0 bridgehead atoms. The third-order valence-corrected chi connectivity index (χ3v) is 3.05. The van der Waals surface area contributed by atoms with Crippen LogP contribution in [0, 0.1) is 5.92 Å². The molecule has 3 heteroatoms. The maximum absolute atomic E-state index is 11.0. The van der Waals surface area contributed by atoms with Crippen molar-refractivity contribution in [2.24, 2.45) is 5.92 Å². The number of rotatable bonds is 7. The van der Waals surface area contributed by atoms with E-state index in [1.54, 1.807) is 6.07 Å². The number of carbonyl (C=O) groups is 1. The van der Waals surface area contributed by atoms with Crippen LogP contribution in [0.15, 0.2) is 18.2 Å². The van der Waals surface area contributed by atoms with Crippen LogP contribution in [-0.4, -0.2) is 16.2 Å². The van der Waals surface area contributed by atoms with Crippen molar-refractivity contribution in [1.82, 2.24) is 0 Å². The minimum Gasteiger partial charge on any atom is -0.508 e. The molecule has 0 spiro atoms. The lowest BCUT2D eigenvalue weighted by molar-refractivity contribution is 0.0695. The van der Waals surface area contributed by atoms with Crippen molar-refractivity contribution in [2.75, 3.05) is 0 Å². The van der Waals surface area contributed by atoms with Crippen LogP contribution in [-0.2, 0) is 6.42 Å². The lowest BCUT2D eigenvalue weighted by Crippen LogP contribution is -2.02. The van der Waals surface area contributed by atoms with Gasteiger partial charge in [0.15, 0.2) is 0 Å². The third-order valence-electron chi connectivity index (χ3n) is 3.05. The monoisotopic (exact) mass is 250 g/mol. The molecule has 0 aromatic heterocycles. The molecule has 0 aliphatic rings. The molecule has 1 aromatic carbocycles. The van der Waals surface area contributed by atoms with Gasteiger partial charge >= 0.3 is 5.97 Å². The van der Waals surface area contributed by atoms with Crippen LogP contribution < -0.4 is 0 Å². The molecule has 0 saturated heterocycles. The molecule has 0 saturated carbocycles. The zero-order valence-electron chi connectivity index (χ0n) is 11.1. The number of carboxylic acids is 1. The van der Waals surface area contributed by atoms with Crippen LogP contribution in [0.3, 0.4) is 0 Å². The van der Waals surface area contributed by atoms with E-state index in [1.165, 1.54) is 25.0 Å². The highest BCUT2D eigenvalue weighted by Gasteiger charge is 2.10. The van der Waals surface area contributed by atoms with Gasteiger partial charge in [0.1, 0.15) is 5.75 Å². The van der Waals surface area contributed by atoms with Crippen LogP contribution in [0.5, 0.6) is 5.75 Å². The van der Waals surface area contributed by atoms with Crippen molar-refractivity contribution < 1.29 is 15.0 Å². The molecule has 2 N–H and O–H groups in total. The minimum absolute atomic E-state index is 0.136. The van der Waals surface area contributed by atoms with E-state index in [0.29, 0.717) is 12.0 Å². The average Bonchev–Trinajstić information content (AvgIpc) is 2.27. The third kappa shape index (κ3) is 4.78. The highest BCUT2D eigenvalue weighted by molar-refractivity contribution is 5.89. The number of aromatic hydroxyl groups is 1. The Morgan fingerprint density at radius 3 is 2.56 bits per heavy atom. The number of benzene rings is 1. The standard InChI is InChI=1S/C15H22O3/c1-11(2)6-4-3-5-7-12-10-13(16)8-9-14(12)15(17)18/h8-11,16H,3-7H2,1-2H3,(H,17,18). The van der Waals surface area contributed by atoms with Crippen molar-refractivity contribution in [1.29, 1.82) is 0 Å². The molecule has 3 nitrogen and oxygen atoms in total. The largest absolute Gasteiger partial charge is 0.508 e. The Kier molecular flexibility index (Phi) is 5.69. The lowest BCUT2D eigenvalue weighted by Gasteiger charge is -2.07. The zero-order valence-corrected chi connectivity index (χ0v) is 11.1. The number of aryl methyl sites for hydroxylation is 1. The van der Waals surface area contributed by atoms with E-state index in [-0.39, 0.29) is 5.75 Å². The van der Waals surface area contributed by atoms with E-state index in [0.717, 1.165) is 24.3 Å². The van der Waals surface area contributed by atoms with Crippen molar-refractivity contribution in [3.05, 3.63) is 29.3 Å². The van der Waals surface area contributed by atoms with Gasteiger partial charge in [-0.05, 0) is 42.5 Å². The molecule has 18 heavy (non-hydrogen) atoms. The fraction of sp³-hybridized carbons (Fsp3) is 0.533. The first-order valence-electron chi connectivity index (χ1n) is 6.56. The van der Waals surface area contributed by atoms with Crippen molar-refractivity contribution in [3.63, 3.8) is 0 Å². The second-order valence-corrected chi connectivity index (χ2v) is 5.14. The van der Waals surface area contributed by atoms with Gasteiger partial charge in [0, 0.05) is 0 Å². The molecule has 0 amide bonds. The predicted molar refractivity (Wildman–Crippen MR) is 72.1 cm³/mol. The number of unbranched alkanes of at least 4 members (excludes halogenated alkanes) is 2. The fourth-order valence-electron chi connectivity index (χ4n) is 2.04. The Morgan fingerprint density at radius 1 is 1.22 bits per heavy atom. The van der Waals surface area contributed by atoms with Crippen LogP contribution in [0.25, 0.3) is 0 Å². The van der Waals surface area contributed by atoms with Crippen LogP contribution >= 0.6 is 0 Å². The maximum atomic E-state index is 11.0. The van der Waals surface area contributed by atoms with Crippen LogP contribution in [0.4, 0.5) is 0 Å². The summed E-state index contributed by atoms with van der Waals surface area (Å²) in [6, 6.07) is 4.46. The van der Waals surface area contributed by atoms with Crippen molar-refractivity contribution in [3.8, 4) is 5.75 Å². The lowest BCUT2D eigenvalue weighted by atomic mass is 9.99. The van der Waals surface area contributed by atoms with E-state index in [1.807, 2.05) is 0 Å². The Hall–Kier alpha value is -1.51. The fourth-order valence-corrected chi connectivity index (χ4v) is 2.04. The van der Waals surface area contributed by atoms with Crippen LogP contribution in [0.2, 0.25) is 0 Å². The number of phenols is 1. The van der Waals surface area contributed by atoms with Gasteiger partial charge in [0.2, 0.25) is 0 Å². The first-order valence-corrected chi connectivity index (χ1v) is 6.56. The Bertz CT molecular complexity index is 397. The van der Waals surface area contributed by atoms with E-state index >= 15 is 0 Å². The van der Waals surface area contributed by atoms with Crippen LogP contribution in [0.1, 0.15) is 55.5 Å². The molecule has 100 valence electrons. The van der Waals surface area contributed by atoms with Gasteiger partial charge in [0.05, 0.1) is 5.56 Å². The summed E-state index contributed by atoms with van der Waals surface area (Å²) in [6.45, 7) is 4.41. The highest BCUT2D eigenvalue weighted by Crippen LogP contribution is 2.19. The van der Waals surface area contributed by atoms with E-state index in [9.17, 15) is 9.90 Å². The Balaban J connectivity index is 2.50. The molecule has 1 rings (SSSR count). The first kappa shape index (κ1) is 14.6. The smallest absolute Gasteiger partial charge is 0.335 e. The van der Waals surface area contributed by atoms with Gasteiger partial charge in [0.25, 0.3) is 0 Å². The Labute approximate surface area is 108 Å². The second kappa shape index (κ2) is 7.04. The summed E-state index contributed by atoms with van der Waals surface area (Å²) < 4.78 is 0. The van der Waals surface area contributed by atoms with Gasteiger partial charge in [-0.1, -0.05) is 33.1 Å². The quantitative estimate of drug-likeness (QED) is 0.723. The average molecular weight is 250 g/mol. The number of hydrogen-bond donors (Lipinski definition) is 2. The number of hydrogen-bond acceptors (Lipinski definition) is 2. The predicted octanol–water partition coefficient (Wildman–Crippen LogP) is 3.85. The summed E-state index contributed by atoms with van der Waals surface area (Å²) >= 11 is 0. The SMILES string of the molecule is CC(C)CCCCCc1cc(O)ccc1C(=O)O. The van der Waals surface area contributed by atoms with Gasteiger partial charge in [-0.15, -0.1) is 0 Å². The first-order chi connectivity index (χ1) is 8.50. The Morgan fingerprint density at radius 2 is 1.94 bits per heavy atom. The minimum atomic E-state index is -0.924. The summed E-state index contributed by atoms with van der Waals surface area (Å²) in [7, 11) is 0. The summed E-state index contributed by atoms with van der Waals surface area (Å²) in [5.41, 5.74) is 1.03. The number of phenolic OH excluding ortho intramolecular Hbond substituents is 1. The highest BCUT2D eigenvalue weighted by atomic mass is 16.4. The number of aromatic carboxylic acids is 1.